The molecule has 0 fully saturated rings. The lowest BCUT2D eigenvalue weighted by atomic mass is 10.2. The molecule has 0 heterocycles. The van der Waals surface area contributed by atoms with E-state index in [1.165, 1.54) is 18.2 Å². The Morgan fingerprint density at radius 1 is 1.13 bits per heavy atom. The van der Waals surface area contributed by atoms with Crippen LogP contribution in [0.3, 0.4) is 0 Å². The molecule has 120 valence electrons. The average Bonchev–Trinajstić information content (AvgIpc) is 2.54. The second-order valence-corrected chi connectivity index (χ2v) is 4.85. The molecule has 2 aromatic rings. The summed E-state index contributed by atoms with van der Waals surface area (Å²) in [5, 5.41) is 16.4. The van der Waals surface area contributed by atoms with Crippen molar-refractivity contribution in [2.24, 2.45) is 0 Å². The average molecular weight is 317 g/mol. The highest BCUT2D eigenvalue weighted by Crippen LogP contribution is 2.22. The van der Waals surface area contributed by atoms with E-state index in [0.717, 1.165) is 5.56 Å². The summed E-state index contributed by atoms with van der Waals surface area (Å²) in [6, 6.07) is 12.1. The van der Waals surface area contributed by atoms with Crippen LogP contribution >= 0.6 is 0 Å². The van der Waals surface area contributed by atoms with Crippen LogP contribution in [0.25, 0.3) is 0 Å². The molecule has 7 heteroatoms. The Balaban J connectivity index is 1.77. The van der Waals surface area contributed by atoms with Gasteiger partial charge in [-0.1, -0.05) is 24.3 Å². The third-order valence-electron chi connectivity index (χ3n) is 3.17. The van der Waals surface area contributed by atoms with Crippen molar-refractivity contribution in [3.8, 4) is 0 Å². The highest BCUT2D eigenvalue weighted by molar-refractivity contribution is 5.76. The number of nitrogens with zero attached hydrogens (tertiary/aromatic N) is 1. The van der Waals surface area contributed by atoms with Gasteiger partial charge in [0.05, 0.1) is 4.92 Å². The number of carbonyl (C=O) groups excluding carboxylic acids is 1. The summed E-state index contributed by atoms with van der Waals surface area (Å²) < 4.78 is 12.8. The lowest BCUT2D eigenvalue weighted by molar-refractivity contribution is -0.384. The summed E-state index contributed by atoms with van der Waals surface area (Å²) in [4.78, 5) is 22.1. The van der Waals surface area contributed by atoms with Crippen molar-refractivity contribution < 1.29 is 14.1 Å². The minimum atomic E-state index is -0.475. The van der Waals surface area contributed by atoms with E-state index in [4.69, 9.17) is 0 Å². The van der Waals surface area contributed by atoms with Gasteiger partial charge in [-0.05, 0) is 23.8 Å². The fourth-order valence-corrected chi connectivity index (χ4v) is 1.98. The Kier molecular flexibility index (Phi) is 5.62. The van der Waals surface area contributed by atoms with Crippen molar-refractivity contribution in [3.63, 3.8) is 0 Å². The van der Waals surface area contributed by atoms with Gasteiger partial charge in [-0.25, -0.2) is 4.39 Å². The monoisotopic (exact) mass is 317 g/mol. The maximum atomic E-state index is 12.8. The van der Waals surface area contributed by atoms with Gasteiger partial charge < -0.3 is 10.6 Å². The normalized spacial score (nSPS) is 10.1. The molecule has 0 saturated heterocycles. The van der Waals surface area contributed by atoms with Gasteiger partial charge in [0.2, 0.25) is 5.91 Å². The molecule has 2 aromatic carbocycles. The maximum Gasteiger partial charge on any atom is 0.292 e. The third kappa shape index (κ3) is 5.06. The first kappa shape index (κ1) is 16.4. The molecule has 1 amide bonds. The number of para-hydroxylation sites is 2. The molecule has 0 aliphatic rings. The fourth-order valence-electron chi connectivity index (χ4n) is 1.98. The summed E-state index contributed by atoms with van der Waals surface area (Å²) in [6.45, 7) is 0.588. The Morgan fingerprint density at radius 2 is 1.83 bits per heavy atom. The molecule has 0 atom stereocenters. The van der Waals surface area contributed by atoms with Gasteiger partial charge >= 0.3 is 0 Å². The van der Waals surface area contributed by atoms with Gasteiger partial charge in [-0.2, -0.15) is 0 Å². The molecule has 23 heavy (non-hydrogen) atoms. The summed E-state index contributed by atoms with van der Waals surface area (Å²) in [6.07, 6.45) is 0.174. The summed E-state index contributed by atoms with van der Waals surface area (Å²) in [5.41, 5.74) is 1.15. The Bertz CT molecular complexity index is 689. The molecule has 0 aromatic heterocycles. The van der Waals surface area contributed by atoms with Crippen molar-refractivity contribution in [2.75, 3.05) is 11.9 Å². The standard InChI is InChI=1S/C16H16FN3O3/c17-13-7-5-12(6-8-13)11-19-16(21)9-10-18-14-3-1-2-4-15(14)20(22)23/h1-8,18H,9-11H2,(H,19,21). The third-order valence-corrected chi connectivity index (χ3v) is 3.17. The summed E-state index contributed by atoms with van der Waals surface area (Å²) in [7, 11) is 0. The number of hydrogen-bond acceptors (Lipinski definition) is 4. The van der Waals surface area contributed by atoms with Crippen molar-refractivity contribution in [3.05, 3.63) is 70.0 Å². The second kappa shape index (κ2) is 7.88. The van der Waals surface area contributed by atoms with E-state index >= 15 is 0 Å². The van der Waals surface area contributed by atoms with Crippen molar-refractivity contribution in [1.29, 1.82) is 0 Å². The topological polar surface area (TPSA) is 84.3 Å². The molecule has 0 bridgehead atoms. The van der Waals surface area contributed by atoms with Crippen LogP contribution in [0.2, 0.25) is 0 Å². The van der Waals surface area contributed by atoms with Crippen LogP contribution in [0, 0.1) is 15.9 Å². The zero-order valence-electron chi connectivity index (χ0n) is 12.3. The number of benzene rings is 2. The smallest absolute Gasteiger partial charge is 0.292 e. The second-order valence-electron chi connectivity index (χ2n) is 4.85. The lowest BCUT2D eigenvalue weighted by Gasteiger charge is -2.08. The first-order valence-electron chi connectivity index (χ1n) is 7.04. The number of nitrogens with one attached hydrogen (secondary N) is 2. The van der Waals surface area contributed by atoms with E-state index in [-0.39, 0.29) is 30.4 Å². The van der Waals surface area contributed by atoms with Crippen LogP contribution in [-0.4, -0.2) is 17.4 Å². The van der Waals surface area contributed by atoms with Crippen LogP contribution in [0.15, 0.2) is 48.5 Å². The van der Waals surface area contributed by atoms with E-state index in [1.54, 1.807) is 30.3 Å². The van der Waals surface area contributed by atoms with Gasteiger partial charge in [0.1, 0.15) is 11.5 Å². The van der Waals surface area contributed by atoms with Crippen LogP contribution in [0.4, 0.5) is 15.8 Å². The molecule has 0 aliphatic heterocycles. The molecular formula is C16H16FN3O3. The summed E-state index contributed by atoms with van der Waals surface area (Å²) >= 11 is 0. The van der Waals surface area contributed by atoms with Crippen molar-refractivity contribution in [2.45, 2.75) is 13.0 Å². The Hall–Kier alpha value is -2.96. The predicted molar refractivity (Wildman–Crippen MR) is 84.4 cm³/mol. The van der Waals surface area contributed by atoms with Crippen LogP contribution in [-0.2, 0) is 11.3 Å². The molecule has 0 spiro atoms. The SMILES string of the molecule is O=C(CCNc1ccccc1[N+](=O)[O-])NCc1ccc(F)cc1. The maximum absolute atomic E-state index is 12.8. The molecule has 0 radical (unpaired) electrons. The number of nitro benzene ring substituents is 1. The highest BCUT2D eigenvalue weighted by atomic mass is 19.1. The predicted octanol–water partition coefficient (Wildman–Crippen LogP) is 2.85. The van der Waals surface area contributed by atoms with Gasteiger partial charge in [0.15, 0.2) is 0 Å². The number of nitro groups is 1. The lowest BCUT2D eigenvalue weighted by Crippen LogP contribution is -2.24. The zero-order chi connectivity index (χ0) is 16.7. The molecular weight excluding hydrogens is 301 g/mol. The number of rotatable bonds is 7. The molecule has 2 rings (SSSR count). The van der Waals surface area contributed by atoms with Gasteiger partial charge in [-0.15, -0.1) is 0 Å². The first-order valence-corrected chi connectivity index (χ1v) is 7.04. The zero-order valence-corrected chi connectivity index (χ0v) is 12.3. The number of carbonyl (C=O) groups is 1. The van der Waals surface area contributed by atoms with Gasteiger partial charge in [-0.3, -0.25) is 14.9 Å². The largest absolute Gasteiger partial charge is 0.379 e. The van der Waals surface area contributed by atoms with Crippen molar-refractivity contribution >= 4 is 17.3 Å². The van der Waals surface area contributed by atoms with Gasteiger partial charge in [0, 0.05) is 25.6 Å². The Morgan fingerprint density at radius 3 is 2.52 bits per heavy atom. The Labute approximate surface area is 132 Å². The minimum Gasteiger partial charge on any atom is -0.379 e. The van der Waals surface area contributed by atoms with E-state index in [1.807, 2.05) is 0 Å². The number of hydrogen-bond donors (Lipinski definition) is 2. The van der Waals surface area contributed by atoms with E-state index < -0.39 is 4.92 Å². The van der Waals surface area contributed by atoms with E-state index in [2.05, 4.69) is 10.6 Å². The number of halogens is 1. The molecule has 6 nitrogen and oxygen atoms in total. The summed E-state index contributed by atoms with van der Waals surface area (Å²) in [5.74, 6) is -0.519. The van der Waals surface area contributed by atoms with E-state index in [9.17, 15) is 19.3 Å². The first-order chi connectivity index (χ1) is 11.1. The molecule has 0 aliphatic carbocycles. The number of anilines is 1. The van der Waals surface area contributed by atoms with Gasteiger partial charge in [0.25, 0.3) is 5.69 Å². The number of amides is 1. The minimum absolute atomic E-state index is 0.0285. The fraction of sp³-hybridized carbons (Fsp3) is 0.188. The van der Waals surface area contributed by atoms with Crippen LogP contribution in [0.1, 0.15) is 12.0 Å². The molecule has 2 N–H and O–H groups in total. The highest BCUT2D eigenvalue weighted by Gasteiger charge is 2.11. The van der Waals surface area contributed by atoms with Crippen LogP contribution in [0.5, 0.6) is 0 Å². The van der Waals surface area contributed by atoms with Crippen molar-refractivity contribution in [1.82, 2.24) is 5.32 Å². The molecule has 0 saturated carbocycles. The quantitative estimate of drug-likeness (QED) is 0.607. The van der Waals surface area contributed by atoms with Crippen LogP contribution < -0.4 is 10.6 Å². The van der Waals surface area contributed by atoms with E-state index in [0.29, 0.717) is 12.2 Å². The molecule has 0 unspecified atom stereocenters.